The molecule has 1 aliphatic rings. The van der Waals surface area contributed by atoms with Gasteiger partial charge in [-0.15, -0.1) is 0 Å². The highest BCUT2D eigenvalue weighted by molar-refractivity contribution is 5.57. The normalized spacial score (nSPS) is 20.0. The maximum absolute atomic E-state index is 13.5. The predicted octanol–water partition coefficient (Wildman–Crippen LogP) is 8.08. The molecule has 5 rings (SSSR count). The molecule has 0 radical (unpaired) electrons. The average molecular weight is 601 g/mol. The highest BCUT2D eigenvalue weighted by Gasteiger charge is 2.41. The van der Waals surface area contributed by atoms with Gasteiger partial charge in [-0.3, -0.25) is 0 Å². The molecule has 4 aromatic rings. The molecule has 43 heavy (non-hydrogen) atoms. The van der Waals surface area contributed by atoms with Crippen LogP contribution in [0.15, 0.2) is 97.3 Å². The Hall–Kier alpha value is -3.96. The van der Waals surface area contributed by atoms with E-state index in [1.165, 1.54) is 6.92 Å². The van der Waals surface area contributed by atoms with Gasteiger partial charge in [0.2, 0.25) is 0 Å². The second-order valence-corrected chi connectivity index (χ2v) is 10.6. The second kappa shape index (κ2) is 12.3. The van der Waals surface area contributed by atoms with Gasteiger partial charge in [-0.25, -0.2) is 9.97 Å². The molecule has 3 heterocycles. The van der Waals surface area contributed by atoms with Crippen molar-refractivity contribution < 1.29 is 31.1 Å². The van der Waals surface area contributed by atoms with Crippen LogP contribution in [-0.4, -0.2) is 29.2 Å². The fourth-order valence-electron chi connectivity index (χ4n) is 5.41. The molecule has 5 nitrogen and oxygen atoms in total. The number of nitrogens with one attached hydrogen (secondary N) is 1. The largest absolute Gasteiger partial charge is 0.416 e. The summed E-state index contributed by atoms with van der Waals surface area (Å²) in [4.78, 5) is 11.1. The third kappa shape index (κ3) is 7.00. The van der Waals surface area contributed by atoms with Crippen molar-refractivity contribution in [1.29, 1.82) is 0 Å². The maximum Gasteiger partial charge on any atom is 0.416 e. The zero-order valence-corrected chi connectivity index (χ0v) is 23.2. The number of pyridine rings is 2. The van der Waals surface area contributed by atoms with Crippen molar-refractivity contribution in [2.45, 2.75) is 49.8 Å². The molecule has 1 aliphatic heterocycles. The smallest absolute Gasteiger partial charge is 0.372 e. The second-order valence-electron chi connectivity index (χ2n) is 10.6. The van der Waals surface area contributed by atoms with Crippen LogP contribution in [0.2, 0.25) is 0 Å². The Labute approximate surface area is 245 Å². The Morgan fingerprint density at radius 1 is 0.837 bits per heavy atom. The summed E-state index contributed by atoms with van der Waals surface area (Å²) < 4.78 is 86.9. The van der Waals surface area contributed by atoms with E-state index in [0.717, 1.165) is 29.3 Å². The Balaban J connectivity index is 1.40. The summed E-state index contributed by atoms with van der Waals surface area (Å²) in [6.45, 7) is 1.97. The minimum Gasteiger partial charge on any atom is -0.372 e. The Morgan fingerprint density at radius 3 is 1.86 bits per heavy atom. The van der Waals surface area contributed by atoms with Crippen molar-refractivity contribution in [3.05, 3.63) is 120 Å². The fourth-order valence-corrected chi connectivity index (χ4v) is 5.41. The van der Waals surface area contributed by atoms with Crippen molar-refractivity contribution in [2.24, 2.45) is 0 Å². The summed E-state index contributed by atoms with van der Waals surface area (Å²) >= 11 is 0. The van der Waals surface area contributed by atoms with Crippen LogP contribution in [0, 0.1) is 0 Å². The topological polar surface area (TPSA) is 50.3 Å². The lowest BCUT2D eigenvalue weighted by Gasteiger charge is -2.45. The van der Waals surface area contributed by atoms with Crippen molar-refractivity contribution in [2.75, 3.05) is 18.1 Å². The Kier molecular flexibility index (Phi) is 8.75. The molecular weight excluding hydrogens is 570 g/mol. The van der Waals surface area contributed by atoms with Crippen LogP contribution in [0.4, 0.5) is 38.0 Å². The molecule has 2 aromatic heterocycles. The van der Waals surface area contributed by atoms with Gasteiger partial charge in [-0.1, -0.05) is 42.5 Å². The lowest BCUT2D eigenvalue weighted by molar-refractivity contribution is -0.143. The molecule has 0 bridgehead atoms. The first-order chi connectivity index (χ1) is 20.5. The van der Waals surface area contributed by atoms with Gasteiger partial charge in [0, 0.05) is 25.0 Å². The molecule has 2 aromatic carbocycles. The van der Waals surface area contributed by atoms with E-state index in [2.05, 4.69) is 20.2 Å². The standard InChI is InChI=1S/C32H30F6N4O/c1-22(23-17-25(31(33,34)35)19-26(18-23)32(36,37)38)43-21-30(24-9-3-2-4-10-24)14-13-27(20-41-30)42(28-11-5-7-15-39-28)29-12-6-8-16-40-29/h2-12,15-19,22,27,41H,13-14,20-21H2,1H3/t22?,27?,30-/m1/s1. The number of benzene rings is 2. The molecule has 11 heteroatoms. The summed E-state index contributed by atoms with van der Waals surface area (Å²) in [6, 6.07) is 22.3. The molecule has 226 valence electrons. The quantitative estimate of drug-likeness (QED) is 0.207. The number of rotatable bonds is 8. The third-order valence-electron chi connectivity index (χ3n) is 7.72. The van der Waals surface area contributed by atoms with Crippen molar-refractivity contribution in [3.8, 4) is 0 Å². The van der Waals surface area contributed by atoms with Crippen molar-refractivity contribution in [3.63, 3.8) is 0 Å². The van der Waals surface area contributed by atoms with E-state index >= 15 is 0 Å². The summed E-state index contributed by atoms with van der Waals surface area (Å²) in [5.74, 6) is 1.46. The van der Waals surface area contributed by atoms with Gasteiger partial charge >= 0.3 is 12.4 Å². The number of nitrogens with zero attached hydrogens (tertiary/aromatic N) is 3. The highest BCUT2D eigenvalue weighted by Crippen LogP contribution is 2.40. The van der Waals surface area contributed by atoms with Gasteiger partial charge < -0.3 is 15.0 Å². The molecule has 2 unspecified atom stereocenters. The molecule has 0 amide bonds. The third-order valence-corrected chi connectivity index (χ3v) is 7.72. The summed E-state index contributed by atoms with van der Waals surface area (Å²) in [6.07, 6.45) is -6.24. The number of halogens is 6. The van der Waals surface area contributed by atoms with E-state index in [9.17, 15) is 26.3 Å². The van der Waals surface area contributed by atoms with Crippen LogP contribution >= 0.6 is 0 Å². The number of hydrogen-bond acceptors (Lipinski definition) is 5. The van der Waals surface area contributed by atoms with E-state index in [4.69, 9.17) is 4.74 Å². The Bertz CT molecular complexity index is 1400. The first-order valence-electron chi connectivity index (χ1n) is 13.8. The van der Waals surface area contributed by atoms with Crippen LogP contribution in [0.1, 0.15) is 48.1 Å². The van der Waals surface area contributed by atoms with Crippen LogP contribution < -0.4 is 10.2 Å². The van der Waals surface area contributed by atoms with E-state index in [1.54, 1.807) is 12.4 Å². The molecular formula is C32H30F6N4O. The predicted molar refractivity (Wildman–Crippen MR) is 151 cm³/mol. The van der Waals surface area contributed by atoms with Crippen LogP contribution in [0.5, 0.6) is 0 Å². The zero-order valence-electron chi connectivity index (χ0n) is 23.2. The number of piperidine rings is 1. The van der Waals surface area contributed by atoms with E-state index in [1.807, 2.05) is 66.7 Å². The first kappa shape index (κ1) is 30.5. The zero-order chi connectivity index (χ0) is 30.7. The van der Waals surface area contributed by atoms with Gasteiger partial charge in [0.1, 0.15) is 11.6 Å². The average Bonchev–Trinajstić information content (AvgIpc) is 3.01. The molecule has 1 N–H and O–H groups in total. The van der Waals surface area contributed by atoms with Crippen LogP contribution in [-0.2, 0) is 22.6 Å². The summed E-state index contributed by atoms with van der Waals surface area (Å²) in [5.41, 5.74) is -2.76. The minimum absolute atomic E-state index is 0.0235. The highest BCUT2D eigenvalue weighted by atomic mass is 19.4. The maximum atomic E-state index is 13.5. The summed E-state index contributed by atoms with van der Waals surface area (Å²) in [7, 11) is 0. The lowest BCUT2D eigenvalue weighted by Crippen LogP contribution is -2.56. The molecule has 3 atom stereocenters. The Morgan fingerprint density at radius 2 is 1.40 bits per heavy atom. The summed E-state index contributed by atoms with van der Waals surface area (Å²) in [5, 5.41) is 3.61. The monoisotopic (exact) mass is 600 g/mol. The molecule has 1 fully saturated rings. The number of alkyl halides is 6. The van der Waals surface area contributed by atoms with Crippen LogP contribution in [0.25, 0.3) is 0 Å². The van der Waals surface area contributed by atoms with E-state index < -0.39 is 35.1 Å². The molecule has 1 saturated heterocycles. The SMILES string of the molecule is CC(OC[C@@]1(c2ccccc2)CCC(N(c2ccccn2)c2ccccn2)CN1)c1cc(C(F)(F)F)cc(C(F)(F)F)c1. The van der Waals surface area contributed by atoms with Gasteiger partial charge in [-0.2, -0.15) is 26.3 Å². The number of hydrogen-bond donors (Lipinski definition) is 1. The number of ether oxygens (including phenoxy) is 1. The molecule has 0 aliphatic carbocycles. The lowest BCUT2D eigenvalue weighted by atomic mass is 9.81. The van der Waals surface area contributed by atoms with Gasteiger partial charge in [-0.05, 0) is 73.4 Å². The van der Waals surface area contributed by atoms with Gasteiger partial charge in [0.05, 0.1) is 29.4 Å². The van der Waals surface area contributed by atoms with Crippen molar-refractivity contribution >= 4 is 11.6 Å². The first-order valence-corrected chi connectivity index (χ1v) is 13.8. The van der Waals surface area contributed by atoms with Gasteiger partial charge in [0.15, 0.2) is 0 Å². The molecule has 0 spiro atoms. The number of anilines is 2. The van der Waals surface area contributed by atoms with Crippen LogP contribution in [0.3, 0.4) is 0 Å². The van der Waals surface area contributed by atoms with Crippen molar-refractivity contribution in [1.82, 2.24) is 15.3 Å². The van der Waals surface area contributed by atoms with Gasteiger partial charge in [0.25, 0.3) is 0 Å². The molecule has 0 saturated carbocycles. The van der Waals surface area contributed by atoms with E-state index in [-0.39, 0.29) is 24.3 Å². The van der Waals surface area contributed by atoms with E-state index in [0.29, 0.717) is 19.4 Å². The fraction of sp³-hybridized carbons (Fsp3) is 0.312. The minimum atomic E-state index is -4.94. The number of aromatic nitrogens is 2.